The zero-order valence-corrected chi connectivity index (χ0v) is 13.7. The molecular weight excluding hydrogens is 330 g/mol. The molecule has 0 radical (unpaired) electrons. The minimum atomic E-state index is -0.200. The van der Waals surface area contributed by atoms with Crippen molar-refractivity contribution in [1.82, 2.24) is 0 Å². The molecule has 1 aliphatic rings. The molecule has 2 aromatic carbocycles. The number of halogens is 1. The average Bonchev–Trinajstić information content (AvgIpc) is 2.48. The molecule has 1 aliphatic heterocycles. The van der Waals surface area contributed by atoms with Crippen LogP contribution in [0.15, 0.2) is 34.8 Å². The van der Waals surface area contributed by atoms with Crippen molar-refractivity contribution in [2.24, 2.45) is 5.73 Å². The Labute approximate surface area is 133 Å². The van der Waals surface area contributed by atoms with Gasteiger partial charge < -0.3 is 15.2 Å². The number of fused-ring (bicyclic) bond motifs is 1. The molecule has 0 aromatic heterocycles. The van der Waals surface area contributed by atoms with Crippen LogP contribution in [-0.2, 0) is 0 Å². The van der Waals surface area contributed by atoms with Gasteiger partial charge in [0.2, 0.25) is 0 Å². The molecule has 0 fully saturated rings. The van der Waals surface area contributed by atoms with Crippen LogP contribution in [-0.4, -0.2) is 13.2 Å². The number of aryl methyl sites for hydroxylation is 2. The van der Waals surface area contributed by atoms with E-state index in [9.17, 15) is 0 Å². The van der Waals surface area contributed by atoms with Crippen molar-refractivity contribution in [3.63, 3.8) is 0 Å². The highest BCUT2D eigenvalue weighted by Gasteiger charge is 2.19. The van der Waals surface area contributed by atoms with Crippen LogP contribution in [0.3, 0.4) is 0 Å². The Bertz CT molecular complexity index is 685. The lowest BCUT2D eigenvalue weighted by Gasteiger charge is -2.22. The third-order valence-electron chi connectivity index (χ3n) is 3.89. The Kier molecular flexibility index (Phi) is 3.91. The highest BCUT2D eigenvalue weighted by Crippen LogP contribution is 2.38. The molecule has 0 saturated carbocycles. The quantitative estimate of drug-likeness (QED) is 0.896. The number of rotatable bonds is 2. The summed E-state index contributed by atoms with van der Waals surface area (Å²) in [6.45, 7) is 5.37. The second kappa shape index (κ2) is 5.70. The molecule has 2 N–H and O–H groups in total. The number of hydrogen-bond acceptors (Lipinski definition) is 3. The topological polar surface area (TPSA) is 44.5 Å². The van der Waals surface area contributed by atoms with Gasteiger partial charge in [0.05, 0.1) is 6.04 Å². The minimum Gasteiger partial charge on any atom is -0.486 e. The predicted octanol–water partition coefficient (Wildman–Crippen LogP) is 3.89. The standard InChI is InChI=1S/C17H18BrNO2/c1-10-3-4-12(7-11(10)2)17(19)13-8-15-16(9-14(13)18)21-6-5-20-15/h3-4,7-9,17H,5-6,19H2,1-2H3. The summed E-state index contributed by atoms with van der Waals surface area (Å²) in [5, 5.41) is 0. The molecule has 1 unspecified atom stereocenters. The van der Waals surface area contributed by atoms with E-state index in [2.05, 4.69) is 48.0 Å². The lowest BCUT2D eigenvalue weighted by molar-refractivity contribution is 0.171. The van der Waals surface area contributed by atoms with E-state index in [1.54, 1.807) is 0 Å². The average molecular weight is 348 g/mol. The number of nitrogens with two attached hydrogens (primary N) is 1. The van der Waals surface area contributed by atoms with Crippen molar-refractivity contribution in [1.29, 1.82) is 0 Å². The summed E-state index contributed by atoms with van der Waals surface area (Å²) in [5.41, 5.74) is 11.1. The first-order valence-electron chi connectivity index (χ1n) is 6.98. The first-order chi connectivity index (χ1) is 10.1. The summed E-state index contributed by atoms with van der Waals surface area (Å²) in [4.78, 5) is 0. The second-order valence-corrected chi connectivity index (χ2v) is 6.19. The largest absolute Gasteiger partial charge is 0.486 e. The molecule has 1 atom stereocenters. The van der Waals surface area contributed by atoms with Crippen molar-refractivity contribution < 1.29 is 9.47 Å². The highest BCUT2D eigenvalue weighted by atomic mass is 79.9. The second-order valence-electron chi connectivity index (χ2n) is 5.34. The third kappa shape index (κ3) is 2.78. The molecule has 4 heteroatoms. The minimum absolute atomic E-state index is 0.200. The van der Waals surface area contributed by atoms with E-state index in [0.717, 1.165) is 27.1 Å². The predicted molar refractivity (Wildman–Crippen MR) is 87.1 cm³/mol. The molecule has 0 aliphatic carbocycles. The first-order valence-corrected chi connectivity index (χ1v) is 7.77. The molecule has 0 amide bonds. The van der Waals surface area contributed by atoms with E-state index in [1.165, 1.54) is 11.1 Å². The molecule has 1 heterocycles. The van der Waals surface area contributed by atoms with Crippen LogP contribution in [0.5, 0.6) is 11.5 Å². The Balaban J connectivity index is 2.00. The maximum absolute atomic E-state index is 6.44. The van der Waals surface area contributed by atoms with Gasteiger partial charge in [0.1, 0.15) is 13.2 Å². The van der Waals surface area contributed by atoms with Gasteiger partial charge in [-0.1, -0.05) is 34.1 Å². The Hall–Kier alpha value is -1.52. The zero-order chi connectivity index (χ0) is 15.0. The smallest absolute Gasteiger partial charge is 0.162 e. The molecule has 0 saturated heterocycles. The van der Waals surface area contributed by atoms with Gasteiger partial charge in [-0.2, -0.15) is 0 Å². The van der Waals surface area contributed by atoms with Gasteiger partial charge in [-0.3, -0.25) is 0 Å². The van der Waals surface area contributed by atoms with Crippen molar-refractivity contribution in [2.45, 2.75) is 19.9 Å². The Morgan fingerprint density at radius 3 is 2.33 bits per heavy atom. The van der Waals surface area contributed by atoms with Gasteiger partial charge in [0.15, 0.2) is 11.5 Å². The van der Waals surface area contributed by atoms with E-state index in [-0.39, 0.29) is 6.04 Å². The third-order valence-corrected chi connectivity index (χ3v) is 4.57. The van der Waals surface area contributed by atoms with E-state index >= 15 is 0 Å². The van der Waals surface area contributed by atoms with Gasteiger partial charge in [0, 0.05) is 4.47 Å². The lowest BCUT2D eigenvalue weighted by atomic mass is 9.96. The van der Waals surface area contributed by atoms with E-state index in [0.29, 0.717) is 13.2 Å². The number of hydrogen-bond donors (Lipinski definition) is 1. The number of benzene rings is 2. The van der Waals surface area contributed by atoms with Gasteiger partial charge >= 0.3 is 0 Å². The summed E-state index contributed by atoms with van der Waals surface area (Å²) in [5.74, 6) is 1.53. The van der Waals surface area contributed by atoms with Crippen LogP contribution in [0.1, 0.15) is 28.3 Å². The normalized spacial score (nSPS) is 14.9. The highest BCUT2D eigenvalue weighted by molar-refractivity contribution is 9.10. The van der Waals surface area contributed by atoms with E-state index in [1.807, 2.05) is 12.1 Å². The number of ether oxygens (including phenoxy) is 2. The van der Waals surface area contributed by atoms with E-state index in [4.69, 9.17) is 15.2 Å². The fraction of sp³-hybridized carbons (Fsp3) is 0.294. The summed E-state index contributed by atoms with van der Waals surface area (Å²) >= 11 is 3.59. The summed E-state index contributed by atoms with van der Waals surface area (Å²) in [7, 11) is 0. The van der Waals surface area contributed by atoms with Crippen molar-refractivity contribution in [3.05, 3.63) is 57.1 Å². The fourth-order valence-electron chi connectivity index (χ4n) is 2.46. The lowest BCUT2D eigenvalue weighted by Crippen LogP contribution is -2.17. The molecule has 110 valence electrons. The molecule has 3 nitrogen and oxygen atoms in total. The Morgan fingerprint density at radius 2 is 1.67 bits per heavy atom. The van der Waals surface area contributed by atoms with Crippen LogP contribution >= 0.6 is 15.9 Å². The maximum Gasteiger partial charge on any atom is 0.162 e. The summed E-state index contributed by atoms with van der Waals surface area (Å²) in [6.07, 6.45) is 0. The zero-order valence-electron chi connectivity index (χ0n) is 12.2. The molecule has 21 heavy (non-hydrogen) atoms. The Morgan fingerprint density at radius 1 is 1.00 bits per heavy atom. The SMILES string of the molecule is Cc1ccc(C(N)c2cc3c(cc2Br)OCCO3)cc1C. The maximum atomic E-state index is 6.44. The summed E-state index contributed by atoms with van der Waals surface area (Å²) in [6, 6.07) is 10.0. The van der Waals surface area contributed by atoms with Gasteiger partial charge in [-0.15, -0.1) is 0 Å². The van der Waals surface area contributed by atoms with Crippen LogP contribution in [0, 0.1) is 13.8 Å². The fourth-order valence-corrected chi connectivity index (χ4v) is 3.02. The van der Waals surface area contributed by atoms with Crippen molar-refractivity contribution in [2.75, 3.05) is 13.2 Å². The van der Waals surface area contributed by atoms with Crippen LogP contribution in [0.4, 0.5) is 0 Å². The van der Waals surface area contributed by atoms with Crippen LogP contribution in [0.2, 0.25) is 0 Å². The van der Waals surface area contributed by atoms with E-state index < -0.39 is 0 Å². The van der Waals surface area contributed by atoms with Crippen LogP contribution in [0.25, 0.3) is 0 Å². The van der Waals surface area contributed by atoms with Crippen molar-refractivity contribution >= 4 is 15.9 Å². The molecule has 2 aromatic rings. The summed E-state index contributed by atoms with van der Waals surface area (Å²) < 4.78 is 12.2. The molecule has 0 spiro atoms. The molecular formula is C17H18BrNO2. The van der Waals surface area contributed by atoms with Gasteiger partial charge in [0.25, 0.3) is 0 Å². The molecule has 3 rings (SSSR count). The van der Waals surface area contributed by atoms with Crippen molar-refractivity contribution in [3.8, 4) is 11.5 Å². The first kappa shape index (κ1) is 14.4. The molecule has 0 bridgehead atoms. The monoisotopic (exact) mass is 347 g/mol. The van der Waals surface area contributed by atoms with Crippen LogP contribution < -0.4 is 15.2 Å². The van der Waals surface area contributed by atoms with Gasteiger partial charge in [-0.05, 0) is 48.2 Å². The van der Waals surface area contributed by atoms with Gasteiger partial charge in [-0.25, -0.2) is 0 Å².